The van der Waals surface area contributed by atoms with Crippen LogP contribution in [0.4, 0.5) is 8.78 Å². The second kappa shape index (κ2) is 4.15. The fourth-order valence-corrected chi connectivity index (χ4v) is 3.43. The Morgan fingerprint density at radius 3 is 2.20 bits per heavy atom. The summed E-state index contributed by atoms with van der Waals surface area (Å²) >= 11 is 0. The van der Waals surface area contributed by atoms with Gasteiger partial charge < -0.3 is 10.2 Å². The Hall–Kier alpha value is -1.20. The van der Waals surface area contributed by atoms with E-state index in [4.69, 9.17) is 0 Å². The molecular formula is C14H20F2N2O2. The van der Waals surface area contributed by atoms with E-state index in [9.17, 15) is 18.4 Å². The minimum absolute atomic E-state index is 0.00829. The first-order valence-corrected chi connectivity index (χ1v) is 7.23. The van der Waals surface area contributed by atoms with Crippen LogP contribution >= 0.6 is 0 Å². The Bertz CT molecular complexity index is 462. The summed E-state index contributed by atoms with van der Waals surface area (Å²) in [4.78, 5) is 26.4. The highest BCUT2D eigenvalue weighted by Crippen LogP contribution is 2.49. The van der Waals surface area contributed by atoms with Gasteiger partial charge >= 0.3 is 0 Å². The van der Waals surface area contributed by atoms with E-state index >= 15 is 0 Å². The Balaban J connectivity index is 1.96. The summed E-state index contributed by atoms with van der Waals surface area (Å²) in [6.07, 6.45) is 0.747. The predicted octanol–water partition coefficient (Wildman–Crippen LogP) is 1.55. The molecule has 2 unspecified atom stereocenters. The van der Waals surface area contributed by atoms with Crippen LogP contribution in [-0.4, -0.2) is 40.8 Å². The molecule has 1 aliphatic heterocycles. The highest BCUT2D eigenvalue weighted by Gasteiger charge is 2.63. The molecule has 0 bridgehead atoms. The maximum Gasteiger partial charge on any atom is 0.255 e. The van der Waals surface area contributed by atoms with Gasteiger partial charge in [0.1, 0.15) is 11.1 Å². The first-order chi connectivity index (χ1) is 9.30. The molecule has 0 aromatic carbocycles. The maximum absolute atomic E-state index is 12.9. The van der Waals surface area contributed by atoms with Gasteiger partial charge in [-0.25, -0.2) is 8.78 Å². The Labute approximate surface area is 116 Å². The summed E-state index contributed by atoms with van der Waals surface area (Å²) in [5.74, 6) is -0.513. The first kappa shape index (κ1) is 13.8. The highest BCUT2D eigenvalue weighted by molar-refractivity contribution is 6.02. The Morgan fingerprint density at radius 1 is 1.20 bits per heavy atom. The van der Waals surface area contributed by atoms with E-state index in [-0.39, 0.29) is 23.7 Å². The Kier molecular flexibility index (Phi) is 2.86. The Morgan fingerprint density at radius 2 is 1.75 bits per heavy atom. The van der Waals surface area contributed by atoms with Gasteiger partial charge in [0.2, 0.25) is 11.8 Å². The van der Waals surface area contributed by atoms with E-state index in [1.54, 1.807) is 13.8 Å². The number of amides is 2. The molecule has 0 radical (unpaired) electrons. The van der Waals surface area contributed by atoms with E-state index in [0.717, 1.165) is 30.6 Å². The van der Waals surface area contributed by atoms with Crippen LogP contribution in [0.15, 0.2) is 0 Å². The maximum atomic E-state index is 12.9. The zero-order valence-electron chi connectivity index (χ0n) is 11.8. The lowest BCUT2D eigenvalue weighted by Gasteiger charge is -2.50. The molecule has 112 valence electrons. The fraction of sp³-hybridized carbons (Fsp3) is 0.857. The van der Waals surface area contributed by atoms with Crippen LogP contribution in [-0.2, 0) is 9.59 Å². The molecule has 3 fully saturated rings. The van der Waals surface area contributed by atoms with Crippen LogP contribution in [0.25, 0.3) is 0 Å². The number of alkyl halides is 2. The monoisotopic (exact) mass is 286 g/mol. The average Bonchev–Trinajstić information content (AvgIpc) is 3.22. The molecule has 6 heteroatoms. The van der Waals surface area contributed by atoms with E-state index in [1.165, 1.54) is 0 Å². The summed E-state index contributed by atoms with van der Waals surface area (Å²) in [6, 6.07) is 0. The molecule has 1 N–H and O–H groups in total. The third kappa shape index (κ3) is 1.84. The number of nitrogens with one attached hydrogen (secondary N) is 1. The molecule has 0 spiro atoms. The molecule has 3 aliphatic rings. The summed E-state index contributed by atoms with van der Waals surface area (Å²) in [5.41, 5.74) is -2.11. The molecule has 0 aromatic heterocycles. The molecule has 2 atom stereocenters. The SMILES string of the molecule is CC1(C2CC2)NC(=O)C(C)(C2CC2)N(CC(F)F)C1=O. The van der Waals surface area contributed by atoms with Crippen LogP contribution in [0.3, 0.4) is 0 Å². The number of piperazine rings is 1. The molecule has 4 nitrogen and oxygen atoms in total. The van der Waals surface area contributed by atoms with Crippen LogP contribution in [0.2, 0.25) is 0 Å². The van der Waals surface area contributed by atoms with Gasteiger partial charge in [-0.1, -0.05) is 0 Å². The zero-order valence-corrected chi connectivity index (χ0v) is 11.8. The number of hydrogen-bond acceptors (Lipinski definition) is 2. The van der Waals surface area contributed by atoms with Gasteiger partial charge in [-0.15, -0.1) is 0 Å². The summed E-state index contributed by atoms with van der Waals surface area (Å²) in [5, 5.41) is 2.84. The number of nitrogens with zero attached hydrogens (tertiary/aromatic N) is 1. The van der Waals surface area contributed by atoms with E-state index in [0.29, 0.717) is 0 Å². The predicted molar refractivity (Wildman–Crippen MR) is 68.1 cm³/mol. The molecule has 1 heterocycles. The molecule has 0 aromatic rings. The van der Waals surface area contributed by atoms with Gasteiger partial charge in [-0.2, -0.15) is 0 Å². The average molecular weight is 286 g/mol. The van der Waals surface area contributed by atoms with Gasteiger partial charge in [0.05, 0.1) is 6.54 Å². The van der Waals surface area contributed by atoms with Crippen molar-refractivity contribution >= 4 is 11.8 Å². The van der Waals surface area contributed by atoms with Crippen LogP contribution in [0.5, 0.6) is 0 Å². The lowest BCUT2D eigenvalue weighted by Crippen LogP contribution is -2.76. The molecule has 2 saturated carbocycles. The quantitative estimate of drug-likeness (QED) is 0.852. The van der Waals surface area contributed by atoms with Crippen molar-refractivity contribution in [2.45, 2.75) is 57.0 Å². The first-order valence-electron chi connectivity index (χ1n) is 7.23. The number of halogens is 2. The molecule has 1 saturated heterocycles. The standard InChI is InChI=1S/C14H20F2N2O2/c1-13(8-3-4-8)12(20)18(7-10(15)16)14(2,9-5-6-9)11(19)17-13/h8-10H,3-7H2,1-2H3,(H,17,19). The lowest BCUT2D eigenvalue weighted by atomic mass is 9.81. The topological polar surface area (TPSA) is 49.4 Å². The van der Waals surface area contributed by atoms with E-state index in [2.05, 4.69) is 5.32 Å². The van der Waals surface area contributed by atoms with Crippen molar-refractivity contribution < 1.29 is 18.4 Å². The van der Waals surface area contributed by atoms with Crippen molar-refractivity contribution in [3.8, 4) is 0 Å². The van der Waals surface area contributed by atoms with E-state index in [1.807, 2.05) is 0 Å². The third-order valence-corrected chi connectivity index (χ3v) is 5.17. The normalized spacial score (nSPS) is 38.4. The van der Waals surface area contributed by atoms with Crippen molar-refractivity contribution in [1.82, 2.24) is 10.2 Å². The lowest BCUT2D eigenvalue weighted by molar-refractivity contribution is -0.166. The van der Waals surface area contributed by atoms with Gasteiger partial charge in [0.25, 0.3) is 6.43 Å². The number of carbonyl (C=O) groups is 2. The van der Waals surface area contributed by atoms with Gasteiger partial charge in [0, 0.05) is 0 Å². The van der Waals surface area contributed by atoms with Gasteiger partial charge in [0.15, 0.2) is 0 Å². The van der Waals surface area contributed by atoms with E-state index < -0.39 is 24.0 Å². The highest BCUT2D eigenvalue weighted by atomic mass is 19.3. The summed E-state index contributed by atoms with van der Waals surface area (Å²) in [7, 11) is 0. The zero-order chi connectivity index (χ0) is 14.7. The second-order valence-electron chi connectivity index (χ2n) is 6.66. The number of hydrogen-bond donors (Lipinski definition) is 1. The van der Waals surface area contributed by atoms with Crippen molar-refractivity contribution in [2.24, 2.45) is 11.8 Å². The van der Waals surface area contributed by atoms with Crippen molar-refractivity contribution in [3.05, 3.63) is 0 Å². The number of rotatable bonds is 4. The minimum Gasteiger partial charge on any atom is -0.340 e. The van der Waals surface area contributed by atoms with Gasteiger partial charge in [-0.3, -0.25) is 9.59 Å². The van der Waals surface area contributed by atoms with Crippen LogP contribution in [0, 0.1) is 11.8 Å². The molecule has 2 aliphatic carbocycles. The van der Waals surface area contributed by atoms with Gasteiger partial charge in [-0.05, 0) is 51.4 Å². The second-order valence-corrected chi connectivity index (χ2v) is 6.66. The molecule has 20 heavy (non-hydrogen) atoms. The van der Waals surface area contributed by atoms with Crippen LogP contribution < -0.4 is 5.32 Å². The van der Waals surface area contributed by atoms with Crippen molar-refractivity contribution in [3.63, 3.8) is 0 Å². The van der Waals surface area contributed by atoms with Crippen molar-refractivity contribution in [2.75, 3.05) is 6.54 Å². The minimum atomic E-state index is -2.62. The fourth-order valence-electron chi connectivity index (χ4n) is 3.43. The summed E-state index contributed by atoms with van der Waals surface area (Å²) in [6.45, 7) is 2.66. The molecular weight excluding hydrogens is 266 g/mol. The van der Waals surface area contributed by atoms with Crippen molar-refractivity contribution in [1.29, 1.82) is 0 Å². The largest absolute Gasteiger partial charge is 0.340 e. The molecule has 2 amide bonds. The number of carbonyl (C=O) groups excluding carboxylic acids is 2. The summed E-state index contributed by atoms with van der Waals surface area (Å²) < 4.78 is 25.8. The van der Waals surface area contributed by atoms with Crippen LogP contribution in [0.1, 0.15) is 39.5 Å². The smallest absolute Gasteiger partial charge is 0.255 e. The molecule has 3 rings (SSSR count). The third-order valence-electron chi connectivity index (χ3n) is 5.17.